The minimum absolute atomic E-state index is 0.000987. The van der Waals surface area contributed by atoms with Crippen LogP contribution in [-0.4, -0.2) is 33.2 Å². The molecule has 124 valence electrons. The highest BCUT2D eigenvalue weighted by atomic mass is 35.5. The molecular formula is C17H22ClN2O2S+. The van der Waals surface area contributed by atoms with Gasteiger partial charge in [-0.3, -0.25) is 4.79 Å². The van der Waals surface area contributed by atoms with Crippen LogP contribution in [0, 0.1) is 6.92 Å². The molecule has 4 nitrogen and oxygen atoms in total. The molecule has 0 aliphatic carbocycles. The van der Waals surface area contributed by atoms with Crippen LogP contribution in [-0.2, 0) is 4.79 Å². The first-order chi connectivity index (χ1) is 11.0. The molecule has 0 aliphatic heterocycles. The van der Waals surface area contributed by atoms with Crippen LogP contribution in [0.2, 0.25) is 5.02 Å². The third-order valence-electron chi connectivity index (χ3n) is 3.59. The minimum Gasteiger partial charge on any atom is -0.484 e. The molecule has 1 aromatic heterocycles. The number of benzene rings is 1. The fourth-order valence-corrected chi connectivity index (χ4v) is 3.27. The van der Waals surface area contributed by atoms with Crippen LogP contribution in [0.4, 0.5) is 0 Å². The van der Waals surface area contributed by atoms with E-state index in [1.807, 2.05) is 19.1 Å². The Morgan fingerprint density at radius 2 is 2.17 bits per heavy atom. The van der Waals surface area contributed by atoms with Gasteiger partial charge < -0.3 is 15.0 Å². The third-order valence-corrected chi connectivity index (χ3v) is 5.00. The molecule has 0 bridgehead atoms. The van der Waals surface area contributed by atoms with Crippen molar-refractivity contribution in [2.24, 2.45) is 0 Å². The normalized spacial score (nSPS) is 12.2. The fraction of sp³-hybridized carbons (Fsp3) is 0.353. The van der Waals surface area contributed by atoms with E-state index in [4.69, 9.17) is 16.3 Å². The molecule has 23 heavy (non-hydrogen) atoms. The van der Waals surface area contributed by atoms with Gasteiger partial charge in [0.05, 0.1) is 25.5 Å². The first-order valence-corrected chi connectivity index (χ1v) is 8.72. The van der Waals surface area contributed by atoms with Crippen LogP contribution in [0.1, 0.15) is 16.5 Å². The van der Waals surface area contributed by atoms with Gasteiger partial charge in [0.1, 0.15) is 11.8 Å². The van der Waals surface area contributed by atoms with Gasteiger partial charge in [-0.15, -0.1) is 11.3 Å². The summed E-state index contributed by atoms with van der Waals surface area (Å²) in [5, 5.41) is 5.69. The molecule has 1 aromatic carbocycles. The van der Waals surface area contributed by atoms with Crippen molar-refractivity contribution >= 4 is 28.8 Å². The number of hydrogen-bond acceptors (Lipinski definition) is 3. The summed E-state index contributed by atoms with van der Waals surface area (Å²) in [4.78, 5) is 14.5. The summed E-state index contributed by atoms with van der Waals surface area (Å²) in [7, 11) is 4.17. The SMILES string of the molecule is Cc1cc(OCC(=O)NC[C@H](c2cccs2)[NH+](C)C)ccc1Cl. The molecule has 6 heteroatoms. The lowest BCUT2D eigenvalue weighted by Crippen LogP contribution is -3.06. The summed E-state index contributed by atoms with van der Waals surface area (Å²) in [5.74, 6) is 0.524. The summed E-state index contributed by atoms with van der Waals surface area (Å²) in [6.45, 7) is 2.49. The van der Waals surface area contributed by atoms with Crippen LogP contribution < -0.4 is 15.0 Å². The monoisotopic (exact) mass is 353 g/mol. The highest BCUT2D eigenvalue weighted by Gasteiger charge is 2.19. The Morgan fingerprint density at radius 1 is 1.39 bits per heavy atom. The lowest BCUT2D eigenvalue weighted by Gasteiger charge is -2.20. The van der Waals surface area contributed by atoms with E-state index < -0.39 is 0 Å². The Labute approximate surface area is 146 Å². The van der Waals surface area contributed by atoms with Gasteiger partial charge in [0.2, 0.25) is 0 Å². The summed E-state index contributed by atoms with van der Waals surface area (Å²) >= 11 is 7.68. The number of ether oxygens (including phenoxy) is 1. The average molecular weight is 354 g/mol. The molecular weight excluding hydrogens is 332 g/mol. The molecule has 0 saturated carbocycles. The van der Waals surface area contributed by atoms with E-state index >= 15 is 0 Å². The zero-order valence-electron chi connectivity index (χ0n) is 13.6. The number of aryl methyl sites for hydroxylation is 1. The van der Waals surface area contributed by atoms with E-state index in [-0.39, 0.29) is 18.6 Å². The molecule has 2 aromatic rings. The van der Waals surface area contributed by atoms with Gasteiger partial charge in [-0.1, -0.05) is 17.7 Å². The van der Waals surface area contributed by atoms with Crippen molar-refractivity contribution in [1.82, 2.24) is 5.32 Å². The Balaban J connectivity index is 1.83. The molecule has 1 atom stereocenters. The number of halogens is 1. The second kappa shape index (κ2) is 8.34. The number of nitrogens with one attached hydrogen (secondary N) is 2. The van der Waals surface area contributed by atoms with E-state index in [0.717, 1.165) is 5.56 Å². The molecule has 1 amide bonds. The van der Waals surface area contributed by atoms with Gasteiger partial charge >= 0.3 is 0 Å². The molecule has 0 radical (unpaired) electrons. The van der Waals surface area contributed by atoms with Crippen molar-refractivity contribution in [2.75, 3.05) is 27.2 Å². The molecule has 2 N–H and O–H groups in total. The topological polar surface area (TPSA) is 42.8 Å². The van der Waals surface area contributed by atoms with E-state index in [0.29, 0.717) is 17.3 Å². The van der Waals surface area contributed by atoms with Gasteiger partial charge in [-0.25, -0.2) is 0 Å². The van der Waals surface area contributed by atoms with Crippen molar-refractivity contribution in [3.05, 3.63) is 51.2 Å². The maximum Gasteiger partial charge on any atom is 0.258 e. The number of quaternary nitrogens is 1. The van der Waals surface area contributed by atoms with Crippen molar-refractivity contribution in [1.29, 1.82) is 0 Å². The molecule has 2 rings (SSSR count). The number of hydrogen-bond donors (Lipinski definition) is 2. The van der Waals surface area contributed by atoms with Crippen molar-refractivity contribution < 1.29 is 14.4 Å². The molecule has 1 heterocycles. The van der Waals surface area contributed by atoms with E-state index in [9.17, 15) is 4.79 Å². The summed E-state index contributed by atoms with van der Waals surface area (Å²) in [5.41, 5.74) is 0.929. The lowest BCUT2D eigenvalue weighted by molar-refractivity contribution is -0.890. The molecule has 0 saturated heterocycles. The zero-order chi connectivity index (χ0) is 16.8. The third kappa shape index (κ3) is 5.23. The number of thiophene rings is 1. The van der Waals surface area contributed by atoms with E-state index in [1.54, 1.807) is 23.5 Å². The zero-order valence-corrected chi connectivity index (χ0v) is 15.1. The largest absolute Gasteiger partial charge is 0.484 e. The fourth-order valence-electron chi connectivity index (χ4n) is 2.20. The first kappa shape index (κ1) is 17.8. The van der Waals surface area contributed by atoms with E-state index in [2.05, 4.69) is 30.9 Å². The number of amides is 1. The molecule has 0 unspecified atom stereocenters. The smallest absolute Gasteiger partial charge is 0.258 e. The highest BCUT2D eigenvalue weighted by Crippen LogP contribution is 2.21. The average Bonchev–Trinajstić information content (AvgIpc) is 3.02. The molecule has 0 fully saturated rings. The van der Waals surface area contributed by atoms with Gasteiger partial charge in [-0.05, 0) is 42.1 Å². The van der Waals surface area contributed by atoms with Crippen LogP contribution in [0.15, 0.2) is 35.7 Å². The Kier molecular flexibility index (Phi) is 6.45. The second-order valence-corrected chi connectivity index (χ2v) is 7.04. The van der Waals surface area contributed by atoms with Crippen LogP contribution >= 0.6 is 22.9 Å². The Morgan fingerprint density at radius 3 is 2.78 bits per heavy atom. The number of likely N-dealkylation sites (N-methyl/N-ethyl adjacent to an activating group) is 1. The highest BCUT2D eigenvalue weighted by molar-refractivity contribution is 7.10. The lowest BCUT2D eigenvalue weighted by atomic mass is 10.2. The van der Waals surface area contributed by atoms with Gasteiger partial charge in [0.15, 0.2) is 6.61 Å². The van der Waals surface area contributed by atoms with Crippen LogP contribution in [0.3, 0.4) is 0 Å². The minimum atomic E-state index is -0.125. The summed E-state index contributed by atoms with van der Waals surface area (Å²) in [6.07, 6.45) is 0. The standard InChI is InChI=1S/C17H21ClN2O2S/c1-12-9-13(6-7-14(12)18)22-11-17(21)19-10-15(20(2)3)16-5-4-8-23-16/h4-9,15H,10-11H2,1-3H3,(H,19,21)/p+1/t15-/m1/s1. The number of carbonyl (C=O) groups excluding carboxylic acids is 1. The van der Waals surface area contributed by atoms with Gasteiger partial charge in [0, 0.05) is 5.02 Å². The summed E-state index contributed by atoms with van der Waals surface area (Å²) < 4.78 is 5.51. The van der Waals surface area contributed by atoms with E-state index in [1.165, 1.54) is 9.78 Å². The van der Waals surface area contributed by atoms with Crippen LogP contribution in [0.25, 0.3) is 0 Å². The molecule has 0 aliphatic rings. The van der Waals surface area contributed by atoms with Gasteiger partial charge in [-0.2, -0.15) is 0 Å². The maximum absolute atomic E-state index is 12.0. The maximum atomic E-state index is 12.0. The quantitative estimate of drug-likeness (QED) is 0.800. The number of rotatable bonds is 7. The predicted molar refractivity (Wildman–Crippen MR) is 94.6 cm³/mol. The Bertz CT molecular complexity index is 644. The Hall–Kier alpha value is -1.56. The summed E-state index contributed by atoms with van der Waals surface area (Å²) in [6, 6.07) is 9.74. The van der Waals surface area contributed by atoms with Crippen molar-refractivity contribution in [3.63, 3.8) is 0 Å². The molecule has 0 spiro atoms. The predicted octanol–water partition coefficient (Wildman–Crippen LogP) is 2.09. The number of carbonyl (C=O) groups is 1. The first-order valence-electron chi connectivity index (χ1n) is 7.46. The van der Waals surface area contributed by atoms with Crippen molar-refractivity contribution in [3.8, 4) is 5.75 Å². The second-order valence-electron chi connectivity index (χ2n) is 5.65. The van der Waals surface area contributed by atoms with Crippen molar-refractivity contribution in [2.45, 2.75) is 13.0 Å². The van der Waals surface area contributed by atoms with Gasteiger partial charge in [0.25, 0.3) is 5.91 Å². The van der Waals surface area contributed by atoms with Crippen LogP contribution in [0.5, 0.6) is 5.75 Å².